The van der Waals surface area contributed by atoms with Crippen LogP contribution in [-0.4, -0.2) is 26.4 Å². The van der Waals surface area contributed by atoms with Crippen molar-refractivity contribution in [2.24, 2.45) is 7.05 Å². The molecule has 0 fully saturated rings. The van der Waals surface area contributed by atoms with Crippen LogP contribution < -0.4 is 10.5 Å². The molecule has 0 amide bonds. The number of H-pyrrole nitrogens is 1. The van der Waals surface area contributed by atoms with Gasteiger partial charge in [0.25, 0.3) is 5.56 Å². The highest BCUT2D eigenvalue weighted by Gasteiger charge is 2.20. The third kappa shape index (κ3) is 2.83. The van der Waals surface area contributed by atoms with E-state index in [0.717, 1.165) is 5.69 Å². The Morgan fingerprint density at radius 3 is 2.61 bits per heavy atom. The summed E-state index contributed by atoms with van der Waals surface area (Å²) in [7, 11) is 1.80. The van der Waals surface area contributed by atoms with E-state index in [9.17, 15) is 9.90 Å². The first kappa shape index (κ1) is 14.9. The molecule has 6 heteroatoms. The summed E-state index contributed by atoms with van der Waals surface area (Å²) in [6.07, 6.45) is 1.79. The van der Waals surface area contributed by atoms with Crippen LogP contribution in [0.2, 0.25) is 0 Å². The Morgan fingerprint density at radius 1 is 1.26 bits per heavy atom. The molecule has 0 spiro atoms. The van der Waals surface area contributed by atoms with Gasteiger partial charge < -0.3 is 15.0 Å². The van der Waals surface area contributed by atoms with E-state index in [1.807, 2.05) is 42.2 Å². The number of pyridine rings is 1. The largest absolute Gasteiger partial charge is 0.505 e. The molecule has 0 aliphatic heterocycles. The van der Waals surface area contributed by atoms with Crippen LogP contribution in [-0.2, 0) is 7.05 Å². The average molecular weight is 310 g/mol. The molecular formula is C17H18N4O2. The summed E-state index contributed by atoms with van der Waals surface area (Å²) in [5.41, 5.74) is 2.20. The van der Waals surface area contributed by atoms with Crippen LogP contribution in [0.25, 0.3) is 11.4 Å². The number of para-hydroxylation sites is 1. The molecule has 0 radical (unpaired) electrons. The quantitative estimate of drug-likeness (QED) is 0.777. The van der Waals surface area contributed by atoms with Gasteiger partial charge in [-0.2, -0.15) is 5.10 Å². The maximum atomic E-state index is 11.8. The van der Waals surface area contributed by atoms with Crippen molar-refractivity contribution >= 4 is 11.4 Å². The minimum absolute atomic E-state index is 0.0693. The predicted molar refractivity (Wildman–Crippen MR) is 90.1 cm³/mol. The van der Waals surface area contributed by atoms with E-state index in [1.165, 1.54) is 6.07 Å². The van der Waals surface area contributed by atoms with Gasteiger partial charge in [0.1, 0.15) is 17.1 Å². The van der Waals surface area contributed by atoms with Gasteiger partial charge in [-0.15, -0.1) is 0 Å². The number of nitrogens with zero attached hydrogens (tertiary/aromatic N) is 3. The van der Waals surface area contributed by atoms with E-state index < -0.39 is 0 Å². The Hall–Kier alpha value is -3.02. The summed E-state index contributed by atoms with van der Waals surface area (Å²) in [5.74, 6) is -0.0693. The van der Waals surface area contributed by atoms with Gasteiger partial charge in [0.2, 0.25) is 0 Å². The first-order chi connectivity index (χ1) is 11.1. The van der Waals surface area contributed by atoms with E-state index in [-0.39, 0.29) is 11.3 Å². The molecule has 3 aromatic rings. The summed E-state index contributed by atoms with van der Waals surface area (Å²) in [6.45, 7) is 2.61. The number of nitrogens with one attached hydrogen (secondary N) is 1. The van der Waals surface area contributed by atoms with Crippen LogP contribution in [0.3, 0.4) is 0 Å². The third-order valence-corrected chi connectivity index (χ3v) is 3.62. The molecule has 2 N–H and O–H groups in total. The Morgan fingerprint density at radius 2 is 2.00 bits per heavy atom. The second kappa shape index (κ2) is 6.00. The number of hydrogen-bond donors (Lipinski definition) is 2. The molecule has 6 nitrogen and oxygen atoms in total. The van der Waals surface area contributed by atoms with Crippen molar-refractivity contribution in [1.29, 1.82) is 0 Å². The zero-order valence-corrected chi connectivity index (χ0v) is 13.0. The van der Waals surface area contributed by atoms with Crippen molar-refractivity contribution in [1.82, 2.24) is 14.8 Å². The SMILES string of the molecule is CCN(c1ccccc1)c1c(O)cc(=O)[nH]c1-c1ccn(C)n1. The van der Waals surface area contributed by atoms with Crippen molar-refractivity contribution in [3.05, 3.63) is 59.0 Å². The molecule has 0 aliphatic carbocycles. The first-order valence-electron chi connectivity index (χ1n) is 7.39. The maximum absolute atomic E-state index is 11.8. The molecule has 3 rings (SSSR count). The molecule has 2 heterocycles. The van der Waals surface area contributed by atoms with Crippen molar-refractivity contribution in [2.75, 3.05) is 11.4 Å². The van der Waals surface area contributed by atoms with Crippen LogP contribution in [0.1, 0.15) is 6.92 Å². The second-order valence-corrected chi connectivity index (χ2v) is 5.20. The van der Waals surface area contributed by atoms with Crippen LogP contribution in [0.5, 0.6) is 5.75 Å². The van der Waals surface area contributed by atoms with Gasteiger partial charge in [0.05, 0.1) is 5.69 Å². The summed E-state index contributed by atoms with van der Waals surface area (Å²) in [4.78, 5) is 16.6. The van der Waals surface area contributed by atoms with E-state index in [4.69, 9.17) is 0 Å². The van der Waals surface area contributed by atoms with Crippen LogP contribution >= 0.6 is 0 Å². The smallest absolute Gasteiger partial charge is 0.252 e. The Kier molecular flexibility index (Phi) is 3.89. The number of aromatic nitrogens is 3. The lowest BCUT2D eigenvalue weighted by Crippen LogP contribution is -2.20. The minimum Gasteiger partial charge on any atom is -0.505 e. The predicted octanol–water partition coefficient (Wildman–Crippen LogP) is 2.64. The fourth-order valence-corrected chi connectivity index (χ4v) is 2.62. The maximum Gasteiger partial charge on any atom is 0.252 e. The van der Waals surface area contributed by atoms with E-state index in [1.54, 1.807) is 24.0 Å². The van der Waals surface area contributed by atoms with Crippen LogP contribution in [0.4, 0.5) is 11.4 Å². The highest BCUT2D eigenvalue weighted by atomic mass is 16.3. The molecule has 0 unspecified atom stereocenters. The standard InChI is InChI=1S/C17H18N4O2/c1-3-21(12-7-5-4-6-8-12)17-14(22)11-15(23)18-16(17)13-9-10-20(2)19-13/h4-11H,3H2,1-2H3,(H2,18,22,23). The Labute approximate surface area is 133 Å². The zero-order valence-electron chi connectivity index (χ0n) is 13.0. The summed E-state index contributed by atoms with van der Waals surface area (Å²) in [5, 5.41) is 14.7. The molecule has 2 aromatic heterocycles. The summed E-state index contributed by atoms with van der Waals surface area (Å²) in [6, 6.07) is 12.7. The number of rotatable bonds is 4. The highest BCUT2D eigenvalue weighted by Crippen LogP contribution is 2.38. The fourth-order valence-electron chi connectivity index (χ4n) is 2.62. The summed E-state index contributed by atoms with van der Waals surface area (Å²) < 4.78 is 1.65. The zero-order chi connectivity index (χ0) is 16.4. The Bertz CT molecular complexity index is 868. The second-order valence-electron chi connectivity index (χ2n) is 5.20. The molecule has 0 aliphatic rings. The number of anilines is 2. The normalized spacial score (nSPS) is 10.7. The topological polar surface area (TPSA) is 74.2 Å². The van der Waals surface area contributed by atoms with Gasteiger partial charge >= 0.3 is 0 Å². The molecule has 0 bridgehead atoms. The molecule has 0 saturated carbocycles. The monoisotopic (exact) mass is 310 g/mol. The van der Waals surface area contributed by atoms with Gasteiger partial charge in [-0.25, -0.2) is 0 Å². The van der Waals surface area contributed by atoms with Gasteiger partial charge in [-0.05, 0) is 25.1 Å². The van der Waals surface area contributed by atoms with Gasteiger partial charge in [0.15, 0.2) is 0 Å². The van der Waals surface area contributed by atoms with Crippen molar-refractivity contribution in [3.8, 4) is 17.1 Å². The lowest BCUT2D eigenvalue weighted by molar-refractivity contribution is 0.474. The van der Waals surface area contributed by atoms with Crippen molar-refractivity contribution < 1.29 is 5.11 Å². The first-order valence-corrected chi connectivity index (χ1v) is 7.39. The number of aromatic amines is 1. The molecule has 1 aromatic carbocycles. The van der Waals surface area contributed by atoms with Gasteiger partial charge in [-0.3, -0.25) is 9.48 Å². The number of hydrogen-bond acceptors (Lipinski definition) is 4. The highest BCUT2D eigenvalue weighted by molar-refractivity contribution is 5.82. The molecule has 23 heavy (non-hydrogen) atoms. The van der Waals surface area contributed by atoms with Crippen LogP contribution in [0, 0.1) is 0 Å². The fraction of sp³-hybridized carbons (Fsp3) is 0.176. The summed E-state index contributed by atoms with van der Waals surface area (Å²) >= 11 is 0. The van der Waals surface area contributed by atoms with Crippen molar-refractivity contribution in [3.63, 3.8) is 0 Å². The average Bonchev–Trinajstić information content (AvgIpc) is 2.97. The minimum atomic E-state index is -0.365. The van der Waals surface area contributed by atoms with E-state index in [0.29, 0.717) is 23.6 Å². The molecule has 118 valence electrons. The van der Waals surface area contributed by atoms with E-state index >= 15 is 0 Å². The number of aromatic hydroxyl groups is 1. The Balaban J connectivity index is 2.23. The number of aryl methyl sites for hydroxylation is 1. The molecular weight excluding hydrogens is 292 g/mol. The van der Waals surface area contributed by atoms with Crippen molar-refractivity contribution in [2.45, 2.75) is 6.92 Å². The lowest BCUT2D eigenvalue weighted by atomic mass is 10.1. The molecule has 0 saturated heterocycles. The van der Waals surface area contributed by atoms with Gasteiger partial charge in [-0.1, -0.05) is 18.2 Å². The van der Waals surface area contributed by atoms with Gasteiger partial charge in [0, 0.05) is 31.5 Å². The third-order valence-electron chi connectivity index (χ3n) is 3.62. The number of benzene rings is 1. The molecule has 0 atom stereocenters. The van der Waals surface area contributed by atoms with E-state index in [2.05, 4.69) is 10.1 Å². The lowest BCUT2D eigenvalue weighted by Gasteiger charge is -2.25. The van der Waals surface area contributed by atoms with Crippen LogP contribution in [0.15, 0.2) is 53.5 Å².